The first-order valence-electron chi connectivity index (χ1n) is 7.70. The van der Waals surface area contributed by atoms with Crippen LogP contribution in [0.3, 0.4) is 0 Å². The first-order chi connectivity index (χ1) is 12.3. The van der Waals surface area contributed by atoms with Crippen molar-refractivity contribution in [1.82, 2.24) is 5.32 Å². The van der Waals surface area contributed by atoms with Gasteiger partial charge in [0, 0.05) is 24.5 Å². The molecule has 0 aliphatic rings. The molecule has 8 nitrogen and oxygen atoms in total. The van der Waals surface area contributed by atoms with Crippen LogP contribution in [-0.2, 0) is 9.59 Å². The van der Waals surface area contributed by atoms with E-state index >= 15 is 0 Å². The van der Waals surface area contributed by atoms with E-state index in [-0.39, 0.29) is 35.2 Å². The fourth-order valence-corrected chi connectivity index (χ4v) is 2.35. The summed E-state index contributed by atoms with van der Waals surface area (Å²) in [7, 11) is 0. The fraction of sp³-hybridized carbons (Fsp3) is 0.375. The summed E-state index contributed by atoms with van der Waals surface area (Å²) >= 11 is 12.3. The van der Waals surface area contributed by atoms with Crippen molar-refractivity contribution < 1.29 is 24.4 Å². The van der Waals surface area contributed by atoms with Crippen LogP contribution < -0.4 is 10.1 Å². The van der Waals surface area contributed by atoms with Crippen molar-refractivity contribution in [2.75, 3.05) is 13.2 Å². The second-order valence-electron chi connectivity index (χ2n) is 5.15. The van der Waals surface area contributed by atoms with Crippen molar-refractivity contribution in [2.24, 2.45) is 0 Å². The number of nitrogens with one attached hydrogen (secondary N) is 1. The number of ether oxygens (including phenoxy) is 1. The van der Waals surface area contributed by atoms with Crippen molar-refractivity contribution in [1.29, 1.82) is 0 Å². The molecule has 2 N–H and O–H groups in total. The summed E-state index contributed by atoms with van der Waals surface area (Å²) < 4.78 is 5.46. The first kappa shape index (κ1) is 21.7. The number of amides is 1. The van der Waals surface area contributed by atoms with Crippen molar-refractivity contribution in [3.8, 4) is 5.75 Å². The van der Waals surface area contributed by atoms with Gasteiger partial charge in [0.25, 0.3) is 0 Å². The normalized spacial score (nSPS) is 11.1. The zero-order valence-electron chi connectivity index (χ0n) is 14.0. The number of benzene rings is 1. The topological polar surface area (TPSA) is 119 Å². The molecule has 1 aromatic carbocycles. The number of hydrogen-bond acceptors (Lipinski definition) is 5. The number of carboxylic acids is 1. The number of allylic oxidation sites excluding steroid dienone is 1. The van der Waals surface area contributed by atoms with E-state index in [0.29, 0.717) is 17.7 Å². The monoisotopic (exact) mass is 404 g/mol. The molecule has 0 aliphatic heterocycles. The third-order valence-corrected chi connectivity index (χ3v) is 4.12. The molecule has 0 saturated heterocycles. The van der Waals surface area contributed by atoms with Gasteiger partial charge in [0.05, 0.1) is 16.6 Å². The minimum atomic E-state index is -1.12. The van der Waals surface area contributed by atoms with Gasteiger partial charge in [-0.1, -0.05) is 30.1 Å². The summed E-state index contributed by atoms with van der Waals surface area (Å²) in [6.45, 7) is 1.40. The number of carbonyl (C=O) groups excluding carboxylic acids is 1. The van der Waals surface area contributed by atoms with E-state index in [2.05, 4.69) is 5.32 Å². The fourth-order valence-electron chi connectivity index (χ4n) is 1.91. The van der Waals surface area contributed by atoms with Crippen LogP contribution in [0.4, 0.5) is 0 Å². The van der Waals surface area contributed by atoms with E-state index < -0.39 is 23.3 Å². The van der Waals surface area contributed by atoms with Gasteiger partial charge in [0.1, 0.15) is 17.3 Å². The number of hydrogen-bond donors (Lipinski definition) is 2. The molecule has 142 valence electrons. The molecule has 0 atom stereocenters. The van der Waals surface area contributed by atoms with Gasteiger partial charge in [-0.05, 0) is 18.6 Å². The third kappa shape index (κ3) is 6.89. The Balaban J connectivity index is 2.65. The van der Waals surface area contributed by atoms with Crippen molar-refractivity contribution in [2.45, 2.75) is 26.2 Å². The maximum atomic E-state index is 11.4. The molecule has 0 saturated carbocycles. The van der Waals surface area contributed by atoms with E-state index in [0.717, 1.165) is 0 Å². The Kier molecular flexibility index (Phi) is 8.87. The molecule has 0 bridgehead atoms. The highest BCUT2D eigenvalue weighted by atomic mass is 35.5. The summed E-state index contributed by atoms with van der Waals surface area (Å²) in [6, 6.07) is 3.10. The van der Waals surface area contributed by atoms with E-state index in [4.69, 9.17) is 33.0 Å². The van der Waals surface area contributed by atoms with Crippen molar-refractivity contribution in [3.63, 3.8) is 0 Å². The standard InChI is InChI=1S/C16H18Cl2N2O6/c1-2-11(20(24)25)8-10-5-6-12(16(18)15(10)17)26-7-3-4-13(21)19-9-14(22)23/h5-6,8H,2-4,7,9H2,1H3,(H,19,21)(H,22,23)/b11-8+. The lowest BCUT2D eigenvalue weighted by atomic mass is 10.1. The average Bonchev–Trinajstić information content (AvgIpc) is 2.59. The summed E-state index contributed by atoms with van der Waals surface area (Å²) in [5.74, 6) is -1.22. The predicted octanol–water partition coefficient (Wildman–Crippen LogP) is 3.38. The highest BCUT2D eigenvalue weighted by Crippen LogP contribution is 2.36. The molecule has 0 unspecified atom stereocenters. The van der Waals surface area contributed by atoms with Crippen molar-refractivity contribution >= 4 is 41.2 Å². The number of nitrogens with zero attached hydrogens (tertiary/aromatic N) is 1. The highest BCUT2D eigenvalue weighted by molar-refractivity contribution is 6.43. The SMILES string of the molecule is CC/C(=C\c1ccc(OCCCC(=O)NCC(=O)O)c(Cl)c1Cl)[N+](=O)[O-]. The van der Waals surface area contributed by atoms with Gasteiger partial charge in [-0.25, -0.2) is 0 Å². The van der Waals surface area contributed by atoms with Crippen LogP contribution in [0.1, 0.15) is 31.7 Å². The number of halogens is 2. The summed E-state index contributed by atoms with van der Waals surface area (Å²) in [4.78, 5) is 32.1. The Morgan fingerprint density at radius 1 is 1.35 bits per heavy atom. The highest BCUT2D eigenvalue weighted by Gasteiger charge is 2.14. The number of rotatable bonds is 10. The largest absolute Gasteiger partial charge is 0.492 e. The van der Waals surface area contributed by atoms with Crippen LogP contribution in [0.5, 0.6) is 5.75 Å². The summed E-state index contributed by atoms with van der Waals surface area (Å²) in [5.41, 5.74) is 0.412. The molecule has 0 spiro atoms. The molecule has 1 aromatic rings. The zero-order chi connectivity index (χ0) is 19.7. The van der Waals surface area contributed by atoms with Crippen molar-refractivity contribution in [3.05, 3.63) is 43.6 Å². The molecule has 0 heterocycles. The molecule has 1 rings (SSSR count). The lowest BCUT2D eigenvalue weighted by Crippen LogP contribution is -2.29. The number of nitro groups is 1. The van der Waals surface area contributed by atoms with Crippen LogP contribution in [0.25, 0.3) is 6.08 Å². The van der Waals surface area contributed by atoms with Crippen LogP contribution >= 0.6 is 23.2 Å². The maximum absolute atomic E-state index is 11.4. The Labute approximate surface area is 159 Å². The van der Waals surface area contributed by atoms with Gasteiger partial charge in [0.2, 0.25) is 11.6 Å². The molecule has 26 heavy (non-hydrogen) atoms. The van der Waals surface area contributed by atoms with Crippen LogP contribution in [-0.4, -0.2) is 35.1 Å². The number of carboxylic acid groups (broad SMARTS) is 1. The first-order valence-corrected chi connectivity index (χ1v) is 8.46. The molecule has 0 aliphatic carbocycles. The smallest absolute Gasteiger partial charge is 0.322 e. The summed E-state index contributed by atoms with van der Waals surface area (Å²) in [6.07, 6.45) is 2.04. The average molecular weight is 405 g/mol. The van der Waals surface area contributed by atoms with E-state index in [1.165, 1.54) is 12.1 Å². The second kappa shape index (κ2) is 10.6. The van der Waals surface area contributed by atoms with Gasteiger partial charge in [0.15, 0.2) is 0 Å². The van der Waals surface area contributed by atoms with E-state index in [1.807, 2.05) is 0 Å². The quantitative estimate of drug-likeness (QED) is 0.350. The Hall–Kier alpha value is -2.32. The van der Waals surface area contributed by atoms with E-state index in [9.17, 15) is 19.7 Å². The zero-order valence-corrected chi connectivity index (χ0v) is 15.5. The van der Waals surface area contributed by atoms with Gasteiger partial charge in [-0.3, -0.25) is 19.7 Å². The third-order valence-electron chi connectivity index (χ3n) is 3.24. The number of aliphatic carboxylic acids is 1. The predicted molar refractivity (Wildman–Crippen MR) is 97.1 cm³/mol. The summed E-state index contributed by atoms with van der Waals surface area (Å²) in [5, 5.41) is 21.8. The molecule has 0 fully saturated rings. The van der Waals surface area contributed by atoms with Crippen LogP contribution in [0, 0.1) is 10.1 Å². The van der Waals surface area contributed by atoms with Crippen LogP contribution in [0.2, 0.25) is 10.0 Å². The van der Waals surface area contributed by atoms with Gasteiger partial charge >= 0.3 is 5.97 Å². The lowest BCUT2D eigenvalue weighted by Gasteiger charge is -2.10. The van der Waals surface area contributed by atoms with E-state index in [1.54, 1.807) is 13.0 Å². The molecular formula is C16H18Cl2N2O6. The number of carbonyl (C=O) groups is 2. The lowest BCUT2D eigenvalue weighted by molar-refractivity contribution is -0.425. The Morgan fingerprint density at radius 2 is 2.04 bits per heavy atom. The minimum absolute atomic E-state index is 0.00371. The second-order valence-corrected chi connectivity index (χ2v) is 5.91. The molecule has 0 aromatic heterocycles. The molecule has 1 amide bonds. The minimum Gasteiger partial charge on any atom is -0.492 e. The van der Waals surface area contributed by atoms with Crippen LogP contribution in [0.15, 0.2) is 17.8 Å². The van der Waals surface area contributed by atoms with Gasteiger partial charge in [-0.2, -0.15) is 0 Å². The maximum Gasteiger partial charge on any atom is 0.322 e. The molecule has 0 radical (unpaired) electrons. The Morgan fingerprint density at radius 3 is 2.62 bits per heavy atom. The van der Waals surface area contributed by atoms with Gasteiger partial charge in [-0.15, -0.1) is 0 Å². The van der Waals surface area contributed by atoms with Gasteiger partial charge < -0.3 is 15.2 Å². The Bertz CT molecular complexity index is 721. The molecular weight excluding hydrogens is 387 g/mol. The molecule has 10 heteroatoms.